The largest absolute Gasteiger partial charge is 0.367 e. The number of hydrogen-bond donors (Lipinski definition) is 1. The van der Waals surface area contributed by atoms with E-state index in [2.05, 4.69) is 15.1 Å². The van der Waals surface area contributed by atoms with E-state index in [0.29, 0.717) is 0 Å². The minimum Gasteiger partial charge on any atom is -0.367 e. The third kappa shape index (κ3) is 4.30. The number of piperazine rings is 1. The smallest absolute Gasteiger partial charge is 0.317 e. The van der Waals surface area contributed by atoms with Gasteiger partial charge in [-0.3, -0.25) is 0 Å². The topological polar surface area (TPSA) is 38.8 Å². The Morgan fingerprint density at radius 3 is 2.43 bits per heavy atom. The van der Waals surface area contributed by atoms with Gasteiger partial charge < -0.3 is 20.0 Å². The number of hydrogen-bond acceptors (Lipinski definition) is 3. The van der Waals surface area contributed by atoms with Crippen LogP contribution in [0.15, 0.2) is 24.3 Å². The van der Waals surface area contributed by atoms with E-state index in [1.54, 1.807) is 0 Å². The van der Waals surface area contributed by atoms with Crippen LogP contribution in [0, 0.1) is 0 Å². The van der Waals surface area contributed by atoms with Gasteiger partial charge in [-0.1, -0.05) is 23.7 Å². The van der Waals surface area contributed by atoms with Gasteiger partial charge >= 0.3 is 6.03 Å². The molecule has 0 aliphatic carbocycles. The maximum absolute atomic E-state index is 12.2. The molecule has 2 saturated heterocycles. The van der Waals surface area contributed by atoms with Crippen molar-refractivity contribution in [3.63, 3.8) is 0 Å². The molecule has 0 radical (unpaired) electrons. The van der Waals surface area contributed by atoms with Gasteiger partial charge in [0, 0.05) is 39.3 Å². The number of para-hydroxylation sites is 1. The Kier molecular flexibility index (Phi) is 5.62. The highest BCUT2D eigenvalue weighted by atomic mass is 35.5. The molecule has 5 nitrogen and oxygen atoms in total. The molecular weight excluding hydrogens is 312 g/mol. The van der Waals surface area contributed by atoms with Crippen LogP contribution in [0.5, 0.6) is 0 Å². The second kappa shape index (κ2) is 7.88. The molecule has 2 aliphatic heterocycles. The van der Waals surface area contributed by atoms with Crippen molar-refractivity contribution in [2.45, 2.75) is 12.8 Å². The van der Waals surface area contributed by atoms with Crippen molar-refractivity contribution in [2.75, 3.05) is 57.3 Å². The molecule has 1 N–H and O–H groups in total. The van der Waals surface area contributed by atoms with E-state index in [-0.39, 0.29) is 6.03 Å². The minimum atomic E-state index is 0.0583. The van der Waals surface area contributed by atoms with Gasteiger partial charge in [0.05, 0.1) is 10.7 Å². The average Bonchev–Trinajstić information content (AvgIpc) is 3.09. The third-order valence-electron chi connectivity index (χ3n) is 4.66. The highest BCUT2D eigenvalue weighted by Crippen LogP contribution is 2.25. The Labute approximate surface area is 143 Å². The molecule has 0 spiro atoms. The first-order chi connectivity index (χ1) is 11.2. The molecule has 2 fully saturated rings. The summed E-state index contributed by atoms with van der Waals surface area (Å²) < 4.78 is 0. The normalized spacial score (nSPS) is 19.2. The van der Waals surface area contributed by atoms with Crippen LogP contribution in [0.1, 0.15) is 12.8 Å². The summed E-state index contributed by atoms with van der Waals surface area (Å²) in [6.07, 6.45) is 2.58. The number of rotatable bonds is 4. The number of nitrogens with zero attached hydrogens (tertiary/aromatic N) is 3. The summed E-state index contributed by atoms with van der Waals surface area (Å²) in [5, 5.41) is 3.82. The van der Waals surface area contributed by atoms with Crippen LogP contribution in [0.3, 0.4) is 0 Å². The zero-order valence-electron chi connectivity index (χ0n) is 13.5. The molecule has 0 atom stereocenters. The van der Waals surface area contributed by atoms with Gasteiger partial charge in [0.1, 0.15) is 0 Å². The summed E-state index contributed by atoms with van der Waals surface area (Å²) in [5.41, 5.74) is 1.06. The van der Waals surface area contributed by atoms with E-state index in [4.69, 9.17) is 11.6 Å². The van der Waals surface area contributed by atoms with Crippen molar-refractivity contribution in [3.05, 3.63) is 29.3 Å². The molecule has 6 heteroatoms. The maximum Gasteiger partial charge on any atom is 0.317 e. The number of nitrogens with one attached hydrogen (secondary N) is 1. The lowest BCUT2D eigenvalue weighted by Crippen LogP contribution is -2.52. The third-order valence-corrected chi connectivity index (χ3v) is 4.98. The molecule has 3 rings (SSSR count). The van der Waals surface area contributed by atoms with Crippen LogP contribution in [0.25, 0.3) is 0 Å². The van der Waals surface area contributed by atoms with Gasteiger partial charge in [-0.15, -0.1) is 0 Å². The Bertz CT molecular complexity index is 525. The van der Waals surface area contributed by atoms with E-state index < -0.39 is 0 Å². The van der Waals surface area contributed by atoms with Crippen LogP contribution < -0.4 is 10.2 Å². The van der Waals surface area contributed by atoms with E-state index in [0.717, 1.165) is 50.0 Å². The number of carbonyl (C=O) groups is 1. The number of amides is 2. The molecule has 0 saturated carbocycles. The molecule has 0 unspecified atom stereocenters. The monoisotopic (exact) mass is 336 g/mol. The standard InChI is InChI=1S/C17H25ClN4O/c18-15-5-1-2-6-16(15)21-11-13-22(14-12-21)17(23)19-7-10-20-8-3-4-9-20/h1-2,5-6H,3-4,7-14H2,(H,19,23). The first-order valence-corrected chi connectivity index (χ1v) is 8.86. The molecule has 0 bridgehead atoms. The second-order valence-electron chi connectivity index (χ2n) is 6.21. The average molecular weight is 337 g/mol. The highest BCUT2D eigenvalue weighted by Gasteiger charge is 2.22. The van der Waals surface area contributed by atoms with Gasteiger partial charge in [-0.25, -0.2) is 4.79 Å². The zero-order chi connectivity index (χ0) is 16.1. The summed E-state index contributed by atoms with van der Waals surface area (Å²) >= 11 is 6.25. The first kappa shape index (κ1) is 16.4. The minimum absolute atomic E-state index is 0.0583. The van der Waals surface area contributed by atoms with Crippen molar-refractivity contribution in [1.82, 2.24) is 15.1 Å². The van der Waals surface area contributed by atoms with Crippen LogP contribution in [-0.2, 0) is 0 Å². The fourth-order valence-electron chi connectivity index (χ4n) is 3.30. The van der Waals surface area contributed by atoms with Crippen LogP contribution in [0.2, 0.25) is 5.02 Å². The van der Waals surface area contributed by atoms with Gasteiger partial charge in [0.25, 0.3) is 0 Å². The molecule has 0 aromatic heterocycles. The molecule has 2 aliphatic rings. The van der Waals surface area contributed by atoms with Crippen molar-refractivity contribution in [1.29, 1.82) is 0 Å². The Hall–Kier alpha value is -1.46. The van der Waals surface area contributed by atoms with Gasteiger partial charge in [-0.05, 0) is 38.1 Å². The van der Waals surface area contributed by atoms with Crippen molar-refractivity contribution < 1.29 is 4.79 Å². The lowest BCUT2D eigenvalue weighted by molar-refractivity contribution is 0.192. The maximum atomic E-state index is 12.2. The van der Waals surface area contributed by atoms with Gasteiger partial charge in [0.2, 0.25) is 0 Å². The zero-order valence-corrected chi connectivity index (χ0v) is 14.3. The van der Waals surface area contributed by atoms with Crippen LogP contribution >= 0.6 is 11.6 Å². The lowest BCUT2D eigenvalue weighted by atomic mass is 10.2. The van der Waals surface area contributed by atoms with E-state index in [9.17, 15) is 4.79 Å². The lowest BCUT2D eigenvalue weighted by Gasteiger charge is -2.36. The van der Waals surface area contributed by atoms with E-state index in [1.807, 2.05) is 29.2 Å². The van der Waals surface area contributed by atoms with Crippen LogP contribution in [0.4, 0.5) is 10.5 Å². The number of anilines is 1. The molecule has 2 heterocycles. The highest BCUT2D eigenvalue weighted by molar-refractivity contribution is 6.33. The summed E-state index contributed by atoms with van der Waals surface area (Å²) in [6, 6.07) is 7.94. The predicted octanol–water partition coefficient (Wildman–Crippen LogP) is 2.27. The molecule has 1 aromatic carbocycles. The predicted molar refractivity (Wildman–Crippen MR) is 94.3 cm³/mol. The summed E-state index contributed by atoms with van der Waals surface area (Å²) in [4.78, 5) is 18.8. The Morgan fingerprint density at radius 1 is 1.04 bits per heavy atom. The fourth-order valence-corrected chi connectivity index (χ4v) is 3.55. The Balaban J connectivity index is 1.41. The van der Waals surface area contributed by atoms with Gasteiger partial charge in [-0.2, -0.15) is 0 Å². The SMILES string of the molecule is O=C(NCCN1CCCC1)N1CCN(c2ccccc2Cl)CC1. The van der Waals surface area contributed by atoms with Gasteiger partial charge in [0.15, 0.2) is 0 Å². The number of urea groups is 1. The number of likely N-dealkylation sites (tertiary alicyclic amines) is 1. The summed E-state index contributed by atoms with van der Waals surface area (Å²) in [5.74, 6) is 0. The summed E-state index contributed by atoms with van der Waals surface area (Å²) in [6.45, 7) is 7.17. The molecule has 1 aromatic rings. The first-order valence-electron chi connectivity index (χ1n) is 8.48. The Morgan fingerprint density at radius 2 is 1.74 bits per heavy atom. The number of carbonyl (C=O) groups excluding carboxylic acids is 1. The number of benzene rings is 1. The van der Waals surface area contributed by atoms with E-state index in [1.165, 1.54) is 25.9 Å². The second-order valence-corrected chi connectivity index (χ2v) is 6.61. The molecule has 2 amide bonds. The van der Waals surface area contributed by atoms with Crippen molar-refractivity contribution >= 4 is 23.3 Å². The molecule has 126 valence electrons. The molecular formula is C17H25ClN4O. The fraction of sp³-hybridized carbons (Fsp3) is 0.588. The van der Waals surface area contributed by atoms with Crippen molar-refractivity contribution in [2.24, 2.45) is 0 Å². The van der Waals surface area contributed by atoms with Crippen LogP contribution in [-0.4, -0.2) is 68.2 Å². The summed E-state index contributed by atoms with van der Waals surface area (Å²) in [7, 11) is 0. The number of halogens is 1. The van der Waals surface area contributed by atoms with Crippen molar-refractivity contribution in [3.8, 4) is 0 Å². The molecule has 23 heavy (non-hydrogen) atoms. The van der Waals surface area contributed by atoms with E-state index >= 15 is 0 Å². The quantitative estimate of drug-likeness (QED) is 0.916.